The molecule has 0 aliphatic carbocycles. The quantitative estimate of drug-likeness (QED) is 0.655. The molecule has 1 heterocycles. The number of rotatable bonds is 5. The highest BCUT2D eigenvalue weighted by Gasteiger charge is 2.24. The van der Waals surface area contributed by atoms with Crippen molar-refractivity contribution in [3.63, 3.8) is 0 Å². The Morgan fingerprint density at radius 2 is 2.04 bits per heavy atom. The molecule has 0 bridgehead atoms. The Hall–Kier alpha value is -1.70. The van der Waals surface area contributed by atoms with Gasteiger partial charge in [0.25, 0.3) is 5.69 Å². The van der Waals surface area contributed by atoms with Crippen molar-refractivity contribution < 1.29 is 14.5 Å². The van der Waals surface area contributed by atoms with Crippen molar-refractivity contribution in [2.45, 2.75) is 25.9 Å². The molecule has 0 unspecified atom stereocenters. The average molecular weight is 342 g/mol. The molecule has 126 valence electrons. The van der Waals surface area contributed by atoms with Gasteiger partial charge in [0.15, 0.2) is 0 Å². The molecule has 7 nitrogen and oxygen atoms in total. The van der Waals surface area contributed by atoms with Gasteiger partial charge in [0.2, 0.25) is 5.91 Å². The molecule has 1 amide bonds. The Bertz CT molecular complexity index is 590. The van der Waals surface area contributed by atoms with Gasteiger partial charge < -0.3 is 9.64 Å². The first-order chi connectivity index (χ1) is 10.9. The van der Waals surface area contributed by atoms with Crippen molar-refractivity contribution in [1.29, 1.82) is 0 Å². The molecule has 23 heavy (non-hydrogen) atoms. The molecule has 0 saturated carbocycles. The van der Waals surface area contributed by atoms with Gasteiger partial charge in [-0.2, -0.15) is 0 Å². The fraction of sp³-hybridized carbons (Fsp3) is 0.533. The Kier molecular flexibility index (Phi) is 5.92. The Morgan fingerprint density at radius 1 is 1.39 bits per heavy atom. The number of carbonyl (C=O) groups excluding carboxylic acids is 1. The molecule has 1 aliphatic heterocycles. The van der Waals surface area contributed by atoms with Crippen LogP contribution in [0.1, 0.15) is 25.5 Å². The summed E-state index contributed by atoms with van der Waals surface area (Å²) in [6.45, 7) is 5.98. The second kappa shape index (κ2) is 7.72. The fourth-order valence-corrected chi connectivity index (χ4v) is 2.91. The van der Waals surface area contributed by atoms with Gasteiger partial charge in [-0.25, -0.2) is 0 Å². The van der Waals surface area contributed by atoms with Gasteiger partial charge in [-0.1, -0.05) is 11.6 Å². The molecule has 0 aromatic heterocycles. The molecule has 0 radical (unpaired) electrons. The van der Waals surface area contributed by atoms with Crippen molar-refractivity contribution in [1.82, 2.24) is 10.2 Å². The maximum atomic E-state index is 12.4. The Morgan fingerprint density at radius 3 is 2.61 bits per heavy atom. The number of nitro groups is 1. The number of hydrogen-bond acceptors (Lipinski definition) is 5. The van der Waals surface area contributed by atoms with Crippen LogP contribution in [0.5, 0.6) is 0 Å². The molecule has 2 atom stereocenters. The number of benzene rings is 1. The van der Waals surface area contributed by atoms with E-state index in [2.05, 4.69) is 5.32 Å². The maximum Gasteiger partial charge on any atom is 0.270 e. The molecule has 1 N–H and O–H groups in total. The lowest BCUT2D eigenvalue weighted by molar-refractivity contribution is -0.384. The predicted octanol–water partition coefficient (Wildman–Crippen LogP) is 2.15. The lowest BCUT2D eigenvalue weighted by atomic mass is 10.1. The van der Waals surface area contributed by atoms with Crippen molar-refractivity contribution in [2.24, 2.45) is 0 Å². The second-order valence-electron chi connectivity index (χ2n) is 5.51. The van der Waals surface area contributed by atoms with Crippen LogP contribution >= 0.6 is 11.6 Å². The minimum atomic E-state index is -0.488. The van der Waals surface area contributed by atoms with Gasteiger partial charge in [-0.05, 0) is 25.5 Å². The van der Waals surface area contributed by atoms with Crippen LogP contribution in [-0.4, -0.2) is 48.1 Å². The normalized spacial score (nSPS) is 17.6. The first kappa shape index (κ1) is 17.7. The number of morpholine rings is 1. The number of halogens is 1. The van der Waals surface area contributed by atoms with Crippen LogP contribution in [0.15, 0.2) is 18.2 Å². The maximum absolute atomic E-state index is 12.4. The van der Waals surface area contributed by atoms with E-state index in [0.29, 0.717) is 31.3 Å². The molecular weight excluding hydrogens is 322 g/mol. The lowest BCUT2D eigenvalue weighted by Crippen LogP contribution is -2.49. The molecule has 1 saturated heterocycles. The number of nitro benzene ring substituents is 1. The van der Waals surface area contributed by atoms with Crippen LogP contribution in [0.2, 0.25) is 5.02 Å². The predicted molar refractivity (Wildman–Crippen MR) is 86.5 cm³/mol. The van der Waals surface area contributed by atoms with E-state index in [1.54, 1.807) is 17.9 Å². The van der Waals surface area contributed by atoms with Crippen molar-refractivity contribution in [3.05, 3.63) is 38.9 Å². The smallest absolute Gasteiger partial charge is 0.270 e. The van der Waals surface area contributed by atoms with E-state index in [9.17, 15) is 14.9 Å². The number of non-ortho nitro benzene ring substituents is 1. The largest absolute Gasteiger partial charge is 0.378 e. The number of carbonyl (C=O) groups is 1. The molecule has 2 rings (SSSR count). The van der Waals surface area contributed by atoms with E-state index >= 15 is 0 Å². The van der Waals surface area contributed by atoms with E-state index in [1.807, 2.05) is 6.92 Å². The summed E-state index contributed by atoms with van der Waals surface area (Å²) in [6, 6.07) is 3.76. The highest BCUT2D eigenvalue weighted by molar-refractivity contribution is 6.31. The van der Waals surface area contributed by atoms with Crippen LogP contribution in [-0.2, 0) is 9.53 Å². The zero-order valence-electron chi connectivity index (χ0n) is 13.1. The zero-order chi connectivity index (χ0) is 17.0. The van der Waals surface area contributed by atoms with Gasteiger partial charge in [0, 0.05) is 31.3 Å². The van der Waals surface area contributed by atoms with Gasteiger partial charge in [0.05, 0.1) is 29.2 Å². The summed E-state index contributed by atoms with van der Waals surface area (Å²) in [7, 11) is 0. The van der Waals surface area contributed by atoms with Gasteiger partial charge >= 0.3 is 0 Å². The first-order valence-corrected chi connectivity index (χ1v) is 7.84. The van der Waals surface area contributed by atoms with Crippen LogP contribution in [0.4, 0.5) is 5.69 Å². The first-order valence-electron chi connectivity index (χ1n) is 7.46. The standard InChI is InChI=1S/C15H20ClN3O4/c1-10(13-4-3-12(19(21)22)9-14(13)16)17-11(2)15(20)18-5-7-23-8-6-18/h3-4,9-11,17H,5-8H2,1-2H3/t10-,11-/m0/s1. The number of amides is 1. The Labute approximate surface area is 139 Å². The Balaban J connectivity index is 2.01. The third-order valence-electron chi connectivity index (χ3n) is 3.85. The van der Waals surface area contributed by atoms with Gasteiger partial charge in [0.1, 0.15) is 0 Å². The third-order valence-corrected chi connectivity index (χ3v) is 4.18. The van der Waals surface area contributed by atoms with Gasteiger partial charge in [-0.15, -0.1) is 0 Å². The fourth-order valence-electron chi connectivity index (χ4n) is 2.57. The van der Waals surface area contributed by atoms with Crippen LogP contribution in [0.25, 0.3) is 0 Å². The number of hydrogen-bond donors (Lipinski definition) is 1. The lowest BCUT2D eigenvalue weighted by Gasteiger charge is -2.30. The summed E-state index contributed by atoms with van der Waals surface area (Å²) in [4.78, 5) is 24.4. The minimum absolute atomic E-state index is 0.0122. The summed E-state index contributed by atoms with van der Waals surface area (Å²) in [5, 5.41) is 14.3. The number of nitrogens with zero attached hydrogens (tertiary/aromatic N) is 2. The van der Waals surface area contributed by atoms with Crippen LogP contribution in [0.3, 0.4) is 0 Å². The summed E-state index contributed by atoms with van der Waals surface area (Å²) >= 11 is 6.12. The monoisotopic (exact) mass is 341 g/mol. The molecule has 0 spiro atoms. The van der Waals surface area contributed by atoms with Crippen LogP contribution < -0.4 is 5.32 Å². The van der Waals surface area contributed by atoms with Gasteiger partial charge in [-0.3, -0.25) is 20.2 Å². The summed E-state index contributed by atoms with van der Waals surface area (Å²) in [5.74, 6) is 0.0122. The summed E-state index contributed by atoms with van der Waals surface area (Å²) in [6.07, 6.45) is 0. The summed E-state index contributed by atoms with van der Waals surface area (Å²) < 4.78 is 5.24. The number of nitrogens with one attached hydrogen (secondary N) is 1. The van der Waals surface area contributed by atoms with E-state index in [1.165, 1.54) is 12.1 Å². The van der Waals surface area contributed by atoms with Crippen molar-refractivity contribution >= 4 is 23.2 Å². The molecular formula is C15H20ClN3O4. The average Bonchev–Trinajstić information content (AvgIpc) is 2.54. The SMILES string of the molecule is C[C@H](N[C@@H](C)c1ccc([N+](=O)[O-])cc1Cl)C(=O)N1CCOCC1. The highest BCUT2D eigenvalue weighted by atomic mass is 35.5. The van der Waals surface area contributed by atoms with Crippen molar-refractivity contribution in [2.75, 3.05) is 26.3 Å². The van der Waals surface area contributed by atoms with Crippen LogP contribution in [0, 0.1) is 10.1 Å². The molecule has 1 fully saturated rings. The van der Waals surface area contributed by atoms with E-state index < -0.39 is 4.92 Å². The molecule has 8 heteroatoms. The second-order valence-corrected chi connectivity index (χ2v) is 5.92. The van der Waals surface area contributed by atoms with Crippen molar-refractivity contribution in [3.8, 4) is 0 Å². The third kappa shape index (κ3) is 4.40. The molecule has 1 aromatic carbocycles. The zero-order valence-corrected chi connectivity index (χ0v) is 13.9. The summed E-state index contributed by atoms with van der Waals surface area (Å²) in [5.41, 5.74) is 0.669. The molecule has 1 aromatic rings. The van der Waals surface area contributed by atoms with E-state index in [-0.39, 0.29) is 23.7 Å². The highest BCUT2D eigenvalue weighted by Crippen LogP contribution is 2.27. The molecule has 1 aliphatic rings. The van der Waals surface area contributed by atoms with E-state index in [4.69, 9.17) is 16.3 Å². The van der Waals surface area contributed by atoms with E-state index in [0.717, 1.165) is 5.56 Å². The minimum Gasteiger partial charge on any atom is -0.378 e. The number of ether oxygens (including phenoxy) is 1. The topological polar surface area (TPSA) is 84.7 Å².